The van der Waals surface area contributed by atoms with Gasteiger partial charge in [0.15, 0.2) is 0 Å². The Morgan fingerprint density at radius 2 is 2.21 bits per heavy atom. The molecule has 70 valence electrons. The van der Waals surface area contributed by atoms with Crippen molar-refractivity contribution in [2.75, 3.05) is 5.32 Å². The molecule has 0 atom stereocenters. The summed E-state index contributed by atoms with van der Waals surface area (Å²) in [4.78, 5) is 10.5. The molecule has 0 saturated carbocycles. The summed E-state index contributed by atoms with van der Waals surface area (Å²) in [6, 6.07) is 7.02. The van der Waals surface area contributed by atoms with Crippen molar-refractivity contribution in [3.05, 3.63) is 30.5 Å². The Bertz CT molecular complexity index is 479. The lowest BCUT2D eigenvalue weighted by atomic mass is 10.2. The summed E-state index contributed by atoms with van der Waals surface area (Å²) in [5.41, 5.74) is 1.00. The van der Waals surface area contributed by atoms with Crippen LogP contribution in [0.5, 0.6) is 0 Å². The number of hydrogen-bond acceptors (Lipinski definition) is 3. The molecule has 2 rings (SSSR count). The van der Waals surface area contributed by atoms with Crippen molar-refractivity contribution in [2.45, 2.75) is 0 Å². The van der Waals surface area contributed by atoms with Crippen molar-refractivity contribution < 1.29 is 9.90 Å². The first-order valence-electron chi connectivity index (χ1n) is 3.98. The molecule has 0 aliphatic carbocycles. The van der Waals surface area contributed by atoms with Crippen molar-refractivity contribution in [1.82, 2.24) is 10.2 Å². The summed E-state index contributed by atoms with van der Waals surface area (Å²) in [6.45, 7) is 0. The highest BCUT2D eigenvalue weighted by atomic mass is 16.4. The molecule has 5 nitrogen and oxygen atoms in total. The first kappa shape index (κ1) is 8.43. The summed E-state index contributed by atoms with van der Waals surface area (Å²) >= 11 is 0. The fourth-order valence-electron chi connectivity index (χ4n) is 1.23. The minimum absolute atomic E-state index is 0.447. The van der Waals surface area contributed by atoms with E-state index in [9.17, 15) is 4.79 Å². The third-order valence-electron chi connectivity index (χ3n) is 1.79. The zero-order valence-corrected chi connectivity index (χ0v) is 7.14. The molecule has 0 fully saturated rings. The van der Waals surface area contributed by atoms with E-state index in [1.54, 1.807) is 24.4 Å². The highest BCUT2D eigenvalue weighted by molar-refractivity contribution is 5.96. The van der Waals surface area contributed by atoms with Crippen LogP contribution in [0.15, 0.2) is 30.5 Å². The number of amides is 1. The predicted molar refractivity (Wildman–Crippen MR) is 51.2 cm³/mol. The Hall–Kier alpha value is -2.17. The summed E-state index contributed by atoms with van der Waals surface area (Å²) in [5, 5.41) is 19.2. The Morgan fingerprint density at radius 1 is 1.36 bits per heavy atom. The SMILES string of the molecule is O=C(O)Nc1cccc2ccnnc12. The molecule has 0 unspecified atom stereocenters. The molecule has 1 aromatic carbocycles. The molecule has 0 spiro atoms. The number of carboxylic acid groups (broad SMARTS) is 1. The minimum Gasteiger partial charge on any atom is -0.465 e. The zero-order chi connectivity index (χ0) is 9.97. The average Bonchev–Trinajstić information content (AvgIpc) is 2.18. The lowest BCUT2D eigenvalue weighted by molar-refractivity contribution is 0.210. The van der Waals surface area contributed by atoms with E-state index in [1.807, 2.05) is 6.07 Å². The maximum Gasteiger partial charge on any atom is 0.409 e. The van der Waals surface area contributed by atoms with Crippen LogP contribution in [-0.4, -0.2) is 21.4 Å². The van der Waals surface area contributed by atoms with Crippen LogP contribution in [0, 0.1) is 0 Å². The van der Waals surface area contributed by atoms with E-state index in [1.165, 1.54) is 0 Å². The second-order valence-electron chi connectivity index (χ2n) is 2.70. The molecule has 0 bridgehead atoms. The van der Waals surface area contributed by atoms with Gasteiger partial charge in [0.05, 0.1) is 11.9 Å². The van der Waals surface area contributed by atoms with Gasteiger partial charge in [0, 0.05) is 5.39 Å². The van der Waals surface area contributed by atoms with Crippen LogP contribution < -0.4 is 5.32 Å². The highest BCUT2D eigenvalue weighted by Gasteiger charge is 2.03. The van der Waals surface area contributed by atoms with Gasteiger partial charge in [-0.25, -0.2) is 4.79 Å². The number of carbonyl (C=O) groups is 1. The average molecular weight is 189 g/mol. The number of anilines is 1. The Morgan fingerprint density at radius 3 is 3.00 bits per heavy atom. The number of nitrogens with zero attached hydrogens (tertiary/aromatic N) is 2. The molecule has 14 heavy (non-hydrogen) atoms. The number of benzene rings is 1. The molecular weight excluding hydrogens is 182 g/mol. The second kappa shape index (κ2) is 3.29. The van der Waals surface area contributed by atoms with E-state index < -0.39 is 6.09 Å². The Balaban J connectivity index is 2.59. The van der Waals surface area contributed by atoms with Gasteiger partial charge in [0.25, 0.3) is 0 Å². The van der Waals surface area contributed by atoms with E-state index >= 15 is 0 Å². The molecule has 1 aromatic heterocycles. The molecule has 1 amide bonds. The van der Waals surface area contributed by atoms with E-state index in [2.05, 4.69) is 15.5 Å². The largest absolute Gasteiger partial charge is 0.465 e. The van der Waals surface area contributed by atoms with Crippen molar-refractivity contribution >= 4 is 22.7 Å². The van der Waals surface area contributed by atoms with Gasteiger partial charge in [-0.3, -0.25) is 5.32 Å². The Labute approximate surface area is 79.4 Å². The summed E-state index contributed by atoms with van der Waals surface area (Å²) in [7, 11) is 0. The highest BCUT2D eigenvalue weighted by Crippen LogP contribution is 2.19. The van der Waals surface area contributed by atoms with Crippen LogP contribution in [0.3, 0.4) is 0 Å². The van der Waals surface area contributed by atoms with Crippen molar-refractivity contribution in [2.24, 2.45) is 0 Å². The molecule has 5 heteroatoms. The van der Waals surface area contributed by atoms with Crippen LogP contribution >= 0.6 is 0 Å². The minimum atomic E-state index is -1.11. The molecule has 0 aliphatic rings. The van der Waals surface area contributed by atoms with Gasteiger partial charge in [0.1, 0.15) is 5.52 Å². The lowest BCUT2D eigenvalue weighted by Crippen LogP contribution is -2.07. The number of hydrogen-bond donors (Lipinski definition) is 2. The molecule has 1 heterocycles. The zero-order valence-electron chi connectivity index (χ0n) is 7.14. The van der Waals surface area contributed by atoms with Gasteiger partial charge in [-0.05, 0) is 12.1 Å². The standard InChI is InChI=1S/C9H7N3O2/c13-9(14)11-7-3-1-2-6-4-5-10-12-8(6)7/h1-5,11H,(H,13,14). The normalized spacial score (nSPS) is 10.0. The van der Waals surface area contributed by atoms with Gasteiger partial charge in [-0.15, -0.1) is 5.10 Å². The third-order valence-corrected chi connectivity index (χ3v) is 1.79. The Kier molecular flexibility index (Phi) is 1.98. The first-order valence-corrected chi connectivity index (χ1v) is 3.98. The van der Waals surface area contributed by atoms with Crippen LogP contribution in [0.25, 0.3) is 10.9 Å². The maximum absolute atomic E-state index is 10.5. The molecule has 0 radical (unpaired) electrons. The predicted octanol–water partition coefficient (Wildman–Crippen LogP) is 1.72. The summed E-state index contributed by atoms with van der Waals surface area (Å²) in [5.74, 6) is 0. The fraction of sp³-hybridized carbons (Fsp3) is 0. The van der Waals surface area contributed by atoms with Gasteiger partial charge in [-0.1, -0.05) is 12.1 Å². The molecular formula is C9H7N3O2. The van der Waals surface area contributed by atoms with Gasteiger partial charge >= 0.3 is 6.09 Å². The number of nitrogens with one attached hydrogen (secondary N) is 1. The summed E-state index contributed by atoms with van der Waals surface area (Å²) in [6.07, 6.45) is 0.454. The van der Waals surface area contributed by atoms with Crippen molar-refractivity contribution in [3.63, 3.8) is 0 Å². The van der Waals surface area contributed by atoms with Crippen LogP contribution in [-0.2, 0) is 0 Å². The van der Waals surface area contributed by atoms with E-state index in [0.29, 0.717) is 11.2 Å². The topological polar surface area (TPSA) is 75.1 Å². The van der Waals surface area contributed by atoms with Crippen LogP contribution in [0.2, 0.25) is 0 Å². The number of fused-ring (bicyclic) bond motifs is 1. The fourth-order valence-corrected chi connectivity index (χ4v) is 1.23. The maximum atomic E-state index is 10.5. The van der Waals surface area contributed by atoms with Crippen molar-refractivity contribution in [1.29, 1.82) is 0 Å². The number of aromatic nitrogens is 2. The van der Waals surface area contributed by atoms with Crippen LogP contribution in [0.4, 0.5) is 10.5 Å². The van der Waals surface area contributed by atoms with Crippen LogP contribution in [0.1, 0.15) is 0 Å². The molecule has 0 aliphatic heterocycles. The second-order valence-corrected chi connectivity index (χ2v) is 2.70. The summed E-state index contributed by atoms with van der Waals surface area (Å²) < 4.78 is 0. The number of rotatable bonds is 1. The smallest absolute Gasteiger partial charge is 0.409 e. The quantitative estimate of drug-likeness (QED) is 0.716. The molecule has 2 aromatic rings. The first-order chi connectivity index (χ1) is 6.77. The van der Waals surface area contributed by atoms with Crippen molar-refractivity contribution in [3.8, 4) is 0 Å². The monoisotopic (exact) mass is 189 g/mol. The molecule has 0 saturated heterocycles. The third kappa shape index (κ3) is 1.47. The van der Waals surface area contributed by atoms with E-state index in [-0.39, 0.29) is 0 Å². The van der Waals surface area contributed by atoms with Gasteiger partial charge < -0.3 is 5.11 Å². The van der Waals surface area contributed by atoms with Gasteiger partial charge in [-0.2, -0.15) is 5.10 Å². The van der Waals surface area contributed by atoms with E-state index in [4.69, 9.17) is 5.11 Å². The molecule has 2 N–H and O–H groups in total. The van der Waals surface area contributed by atoms with E-state index in [0.717, 1.165) is 5.39 Å². The van der Waals surface area contributed by atoms with Gasteiger partial charge in [0.2, 0.25) is 0 Å². The lowest BCUT2D eigenvalue weighted by Gasteiger charge is -2.02.